The summed E-state index contributed by atoms with van der Waals surface area (Å²) in [4.78, 5) is 4.69. The first-order chi connectivity index (χ1) is 18.5. The molecule has 10 nitrogen and oxygen atoms in total. The smallest absolute Gasteiger partial charge is 0.263 e. The maximum Gasteiger partial charge on any atom is 0.334 e. The normalized spacial score (nSPS) is 14.7. The van der Waals surface area contributed by atoms with Crippen LogP contribution in [0.2, 0.25) is 5.02 Å². The van der Waals surface area contributed by atoms with Gasteiger partial charge in [0.25, 0.3) is 6.33 Å². The highest BCUT2D eigenvalue weighted by Gasteiger charge is 2.27. The topological polar surface area (TPSA) is 107 Å². The lowest BCUT2D eigenvalue weighted by Crippen LogP contribution is -2.33. The van der Waals surface area contributed by atoms with Crippen molar-refractivity contribution < 1.29 is 17.9 Å². The summed E-state index contributed by atoms with van der Waals surface area (Å²) < 4.78 is 44.8. The number of halogens is 4. The SMILES string of the molecule is Fc1c(Cl)ccc(-[n+]2cnn[nH]2)c1-c1ccc([C@H](CC2CCC2)n2cc(-c3cn(C(F)F)nn3)cn2)nc1. The van der Waals surface area contributed by atoms with Crippen LogP contribution in [0, 0.1) is 11.7 Å². The van der Waals surface area contributed by atoms with Crippen molar-refractivity contribution in [2.45, 2.75) is 38.3 Å². The maximum absolute atomic E-state index is 15.2. The van der Waals surface area contributed by atoms with Crippen molar-refractivity contribution in [1.29, 1.82) is 0 Å². The minimum Gasteiger partial charge on any atom is -0.263 e. The first-order valence-corrected chi connectivity index (χ1v) is 12.3. The van der Waals surface area contributed by atoms with Gasteiger partial charge in [-0.3, -0.25) is 9.67 Å². The number of aromatic amines is 1. The van der Waals surface area contributed by atoms with Gasteiger partial charge in [0, 0.05) is 23.5 Å². The quantitative estimate of drug-likeness (QED) is 0.288. The Morgan fingerprint density at radius 1 is 1.08 bits per heavy atom. The molecule has 0 aliphatic heterocycles. The Labute approximate surface area is 219 Å². The molecule has 1 N–H and O–H groups in total. The molecule has 1 atom stereocenters. The monoisotopic (exact) mass is 541 g/mol. The molecule has 1 fully saturated rings. The summed E-state index contributed by atoms with van der Waals surface area (Å²) in [6.45, 7) is -2.77. The molecule has 0 amide bonds. The lowest BCUT2D eigenvalue weighted by Gasteiger charge is -2.29. The minimum absolute atomic E-state index is 0.0170. The Morgan fingerprint density at radius 2 is 1.95 bits per heavy atom. The van der Waals surface area contributed by atoms with E-state index in [1.54, 1.807) is 35.4 Å². The number of rotatable bonds is 8. The predicted molar refractivity (Wildman–Crippen MR) is 129 cm³/mol. The molecule has 14 heteroatoms. The van der Waals surface area contributed by atoms with Gasteiger partial charge in [-0.2, -0.15) is 18.6 Å². The van der Waals surface area contributed by atoms with E-state index in [1.807, 2.05) is 6.07 Å². The molecule has 1 aliphatic carbocycles. The van der Waals surface area contributed by atoms with Gasteiger partial charge in [0.15, 0.2) is 11.0 Å². The van der Waals surface area contributed by atoms with Crippen LogP contribution in [0.5, 0.6) is 0 Å². The van der Waals surface area contributed by atoms with Gasteiger partial charge in [0.05, 0.1) is 34.7 Å². The highest BCUT2D eigenvalue weighted by atomic mass is 35.5. The van der Waals surface area contributed by atoms with Gasteiger partial charge in [0.2, 0.25) is 0 Å². The van der Waals surface area contributed by atoms with E-state index in [-0.39, 0.29) is 16.6 Å². The Morgan fingerprint density at radius 3 is 2.61 bits per heavy atom. The van der Waals surface area contributed by atoms with Gasteiger partial charge >= 0.3 is 6.55 Å². The number of benzene rings is 1. The first kappa shape index (κ1) is 24.2. The molecule has 5 aromatic rings. The summed E-state index contributed by atoms with van der Waals surface area (Å²) in [5, 5.41) is 21.9. The van der Waals surface area contributed by atoms with Crippen molar-refractivity contribution in [3.05, 3.63) is 71.9 Å². The zero-order chi connectivity index (χ0) is 26.2. The van der Waals surface area contributed by atoms with E-state index < -0.39 is 12.4 Å². The fourth-order valence-corrected chi connectivity index (χ4v) is 4.77. The van der Waals surface area contributed by atoms with Crippen LogP contribution in [-0.2, 0) is 0 Å². The van der Waals surface area contributed by atoms with Crippen LogP contribution in [-0.4, -0.2) is 45.3 Å². The van der Waals surface area contributed by atoms with Crippen molar-refractivity contribution >= 4 is 11.6 Å². The van der Waals surface area contributed by atoms with Crippen molar-refractivity contribution in [2.75, 3.05) is 0 Å². The highest BCUT2D eigenvalue weighted by molar-refractivity contribution is 6.31. The Balaban J connectivity index is 1.34. The summed E-state index contributed by atoms with van der Waals surface area (Å²) in [7, 11) is 0. The van der Waals surface area contributed by atoms with Crippen LogP contribution in [0.3, 0.4) is 0 Å². The predicted octanol–water partition coefficient (Wildman–Crippen LogP) is 4.57. The third-order valence-corrected chi connectivity index (χ3v) is 7.13. The molecule has 0 spiro atoms. The van der Waals surface area contributed by atoms with Crippen LogP contribution in [0.1, 0.15) is 44.0 Å². The number of nitrogens with zero attached hydrogens (tertiary/aromatic N) is 9. The molecular weight excluding hydrogens is 521 g/mol. The molecule has 1 saturated carbocycles. The second-order valence-corrected chi connectivity index (χ2v) is 9.55. The standard InChI is InChI=1S/C24H20ClF3N10/c25-17-5-7-20(38-13-30-33-35-38)22(23(17)26)15-4-6-18(29-9-15)21(8-14-2-1-3-14)36-11-16(10-31-36)19-12-37(24(27)28)34-32-19/h4-7,9-14,21,24H,1-3,8H2/p+1/t21-/m0/s1. The van der Waals surface area contributed by atoms with Crippen LogP contribution in [0.25, 0.3) is 28.1 Å². The molecule has 1 aliphatic rings. The molecule has 0 saturated heterocycles. The number of H-pyrrole nitrogens is 1. The summed E-state index contributed by atoms with van der Waals surface area (Å²) in [5.41, 5.74) is 2.88. The highest BCUT2D eigenvalue weighted by Crippen LogP contribution is 2.37. The van der Waals surface area contributed by atoms with Gasteiger partial charge in [0.1, 0.15) is 16.5 Å². The zero-order valence-electron chi connectivity index (χ0n) is 19.8. The average Bonchev–Trinajstić information content (AvgIpc) is 3.67. The number of tetrazole rings is 1. The maximum atomic E-state index is 15.2. The Hall–Kier alpha value is -4.13. The third-order valence-electron chi connectivity index (χ3n) is 6.83. The van der Waals surface area contributed by atoms with E-state index in [2.05, 4.69) is 30.9 Å². The van der Waals surface area contributed by atoms with Crippen LogP contribution < -0.4 is 4.68 Å². The molecule has 0 bridgehead atoms. The number of aromatic nitrogens is 10. The lowest BCUT2D eigenvalue weighted by molar-refractivity contribution is -0.659. The molecule has 4 aromatic heterocycles. The zero-order valence-corrected chi connectivity index (χ0v) is 20.5. The number of hydrogen-bond acceptors (Lipinski definition) is 6. The van der Waals surface area contributed by atoms with Crippen LogP contribution >= 0.6 is 11.6 Å². The first-order valence-electron chi connectivity index (χ1n) is 11.9. The number of nitrogens with one attached hydrogen (secondary N) is 1. The molecule has 6 rings (SSSR count). The number of alkyl halides is 2. The van der Waals surface area contributed by atoms with E-state index in [4.69, 9.17) is 16.6 Å². The van der Waals surface area contributed by atoms with E-state index in [0.717, 1.165) is 25.0 Å². The fraction of sp³-hybridized carbons (Fsp3) is 0.292. The van der Waals surface area contributed by atoms with Gasteiger partial charge in [-0.1, -0.05) is 47.4 Å². The van der Waals surface area contributed by atoms with Crippen molar-refractivity contribution in [2.24, 2.45) is 5.92 Å². The Kier molecular flexibility index (Phi) is 6.35. The van der Waals surface area contributed by atoms with E-state index in [0.29, 0.717) is 33.1 Å². The number of hydrogen-bond donors (Lipinski definition) is 1. The van der Waals surface area contributed by atoms with Crippen molar-refractivity contribution in [3.63, 3.8) is 0 Å². The summed E-state index contributed by atoms with van der Waals surface area (Å²) in [5.74, 6) is -0.0597. The second kappa shape index (κ2) is 9.97. The molecule has 0 unspecified atom stereocenters. The average molecular weight is 542 g/mol. The van der Waals surface area contributed by atoms with Gasteiger partial charge in [-0.05, 0) is 30.5 Å². The second-order valence-electron chi connectivity index (χ2n) is 9.15. The summed E-state index contributed by atoms with van der Waals surface area (Å²) in [6.07, 6.45) is 11.8. The van der Waals surface area contributed by atoms with Crippen molar-refractivity contribution in [1.82, 2.24) is 45.3 Å². The summed E-state index contributed by atoms with van der Waals surface area (Å²) >= 11 is 6.10. The fourth-order valence-electron chi connectivity index (χ4n) is 4.61. The number of pyridine rings is 1. The minimum atomic E-state index is -2.77. The lowest BCUT2D eigenvalue weighted by atomic mass is 9.80. The Bertz CT molecular complexity index is 1540. The van der Waals surface area contributed by atoms with Gasteiger partial charge in [-0.25, -0.2) is 4.39 Å². The van der Waals surface area contributed by atoms with Crippen LogP contribution in [0.15, 0.2) is 55.4 Å². The van der Waals surface area contributed by atoms with E-state index >= 15 is 4.39 Å². The van der Waals surface area contributed by atoms with Gasteiger partial charge in [-0.15, -0.1) is 9.78 Å². The van der Waals surface area contributed by atoms with Gasteiger partial charge < -0.3 is 0 Å². The van der Waals surface area contributed by atoms with Crippen LogP contribution in [0.4, 0.5) is 13.2 Å². The largest absolute Gasteiger partial charge is 0.334 e. The summed E-state index contributed by atoms with van der Waals surface area (Å²) in [6, 6.07) is 6.56. The third kappa shape index (κ3) is 4.53. The molecule has 194 valence electrons. The molecule has 38 heavy (non-hydrogen) atoms. The van der Waals surface area contributed by atoms with Crippen molar-refractivity contribution in [3.8, 4) is 28.1 Å². The molecule has 1 aromatic carbocycles. The van der Waals surface area contributed by atoms with E-state index in [9.17, 15) is 8.78 Å². The molecular formula is C24H21ClF3N10+. The molecule has 0 radical (unpaired) electrons. The molecule has 4 heterocycles. The van der Waals surface area contributed by atoms with E-state index in [1.165, 1.54) is 29.7 Å².